The lowest BCUT2D eigenvalue weighted by Gasteiger charge is -2.08. The van der Waals surface area contributed by atoms with E-state index < -0.39 is 13.2 Å². The topological polar surface area (TPSA) is 77.9 Å². The molecule has 0 aliphatic rings. The zero-order valence-corrected chi connectivity index (χ0v) is 12.6. The highest BCUT2D eigenvalue weighted by molar-refractivity contribution is 6.50. The van der Waals surface area contributed by atoms with Gasteiger partial charge in [0.2, 0.25) is 0 Å². The van der Waals surface area contributed by atoms with Crippen LogP contribution in [-0.2, 0) is 14.4 Å². The molecule has 0 saturated carbocycles. The van der Waals surface area contributed by atoms with E-state index in [1.54, 1.807) is 37.5 Å². The molecule has 0 heterocycles. The SMILES string of the molecule is CCOC(=O)C=NOC(N(C)CC#N)=[N+](C)C.F[B-](F)(F)F. The number of hydrogen-bond acceptors (Lipinski definition) is 5. The molecule has 0 fully saturated rings. The summed E-state index contributed by atoms with van der Waals surface area (Å²) in [5, 5.41) is 12.0. The number of amidine groups is 1. The number of halogens is 4. The van der Waals surface area contributed by atoms with Crippen LogP contribution < -0.4 is 0 Å². The number of carbonyl (C=O) groups is 1. The Morgan fingerprint density at radius 1 is 1.41 bits per heavy atom. The fraction of sp³-hybridized carbons (Fsp3) is 0.600. The highest BCUT2D eigenvalue weighted by atomic mass is 19.5. The molecule has 0 aromatic heterocycles. The van der Waals surface area contributed by atoms with Crippen LogP contribution in [0, 0.1) is 11.3 Å². The summed E-state index contributed by atoms with van der Waals surface area (Å²) in [4.78, 5) is 17.5. The third-order valence-electron chi connectivity index (χ3n) is 1.60. The van der Waals surface area contributed by atoms with Gasteiger partial charge in [0, 0.05) is 0 Å². The molecule has 22 heavy (non-hydrogen) atoms. The molecule has 0 aromatic carbocycles. The number of rotatable bonds is 4. The van der Waals surface area contributed by atoms with E-state index in [1.165, 1.54) is 0 Å². The summed E-state index contributed by atoms with van der Waals surface area (Å²) >= 11 is 0. The maximum Gasteiger partial charge on any atom is 0.673 e. The van der Waals surface area contributed by atoms with E-state index >= 15 is 0 Å². The van der Waals surface area contributed by atoms with E-state index in [4.69, 9.17) is 10.1 Å². The van der Waals surface area contributed by atoms with Crippen molar-refractivity contribution >= 4 is 25.5 Å². The number of oxime groups is 1. The van der Waals surface area contributed by atoms with Crippen LogP contribution in [0.4, 0.5) is 17.3 Å². The molecule has 0 amide bonds. The van der Waals surface area contributed by atoms with Crippen molar-refractivity contribution in [1.82, 2.24) is 4.90 Å². The first-order valence-electron chi connectivity index (χ1n) is 5.89. The standard InChI is InChI=1S/C10H17N4O3.BF4/c1-5-16-9(15)8-12-17-10(13(2)3)14(4)7-6-11;2-1(3,4)5/h8H,5,7H2,1-4H3;/q+1;-1. The molecule has 0 unspecified atom stereocenters. The molecule has 0 atom stereocenters. The zero-order valence-electron chi connectivity index (χ0n) is 12.6. The van der Waals surface area contributed by atoms with Gasteiger partial charge < -0.3 is 22.0 Å². The van der Waals surface area contributed by atoms with Crippen LogP contribution in [0.5, 0.6) is 0 Å². The number of nitrogens with zero attached hydrogens (tertiary/aromatic N) is 4. The third kappa shape index (κ3) is 15.7. The summed E-state index contributed by atoms with van der Waals surface area (Å²) in [6.07, 6.45) is 0.938. The number of carbonyl (C=O) groups excluding carboxylic acids is 1. The second-order valence-electron chi connectivity index (χ2n) is 3.76. The Labute approximate surface area is 125 Å². The van der Waals surface area contributed by atoms with Crippen molar-refractivity contribution in [3.8, 4) is 6.07 Å². The van der Waals surface area contributed by atoms with Crippen LogP contribution in [0.2, 0.25) is 0 Å². The van der Waals surface area contributed by atoms with Crippen LogP contribution >= 0.6 is 0 Å². The van der Waals surface area contributed by atoms with Gasteiger partial charge in [0.1, 0.15) is 6.07 Å². The van der Waals surface area contributed by atoms with E-state index in [9.17, 15) is 22.1 Å². The zero-order chi connectivity index (χ0) is 17.8. The van der Waals surface area contributed by atoms with Crippen LogP contribution in [0.1, 0.15) is 6.92 Å². The maximum absolute atomic E-state index is 10.9. The molecule has 12 heteroatoms. The van der Waals surface area contributed by atoms with Gasteiger partial charge in [-0.3, -0.25) is 4.84 Å². The predicted octanol–water partition coefficient (Wildman–Crippen LogP) is 0.935. The predicted molar refractivity (Wildman–Crippen MR) is 71.8 cm³/mol. The monoisotopic (exact) mass is 328 g/mol. The Kier molecular flexibility index (Phi) is 11.3. The molecule has 0 aromatic rings. The maximum atomic E-state index is 10.9. The highest BCUT2D eigenvalue weighted by Gasteiger charge is 2.20. The van der Waals surface area contributed by atoms with Crippen LogP contribution in [0.15, 0.2) is 5.16 Å². The second kappa shape index (κ2) is 11.4. The van der Waals surface area contributed by atoms with Gasteiger partial charge in [-0.05, 0) is 6.92 Å². The van der Waals surface area contributed by atoms with Gasteiger partial charge in [0.15, 0.2) is 12.8 Å². The van der Waals surface area contributed by atoms with Gasteiger partial charge in [-0.25, -0.2) is 14.3 Å². The second-order valence-corrected chi connectivity index (χ2v) is 3.76. The van der Waals surface area contributed by atoms with E-state index in [0.717, 1.165) is 6.21 Å². The van der Waals surface area contributed by atoms with Crippen molar-refractivity contribution < 1.29 is 36.2 Å². The molecule has 0 radical (unpaired) electrons. The Hall–Kier alpha value is -2.32. The fourth-order valence-electron chi connectivity index (χ4n) is 0.963. The average Bonchev–Trinajstić information content (AvgIpc) is 2.32. The largest absolute Gasteiger partial charge is 0.673 e. The number of ether oxygens (including phenoxy) is 1. The normalized spacial score (nSPS) is 10.1. The summed E-state index contributed by atoms with van der Waals surface area (Å²) in [5.41, 5.74) is 0. The van der Waals surface area contributed by atoms with Gasteiger partial charge in [-0.1, -0.05) is 5.16 Å². The quantitative estimate of drug-likeness (QED) is 0.112. The third-order valence-corrected chi connectivity index (χ3v) is 1.60. The van der Waals surface area contributed by atoms with Gasteiger partial charge in [0.25, 0.3) is 0 Å². The Morgan fingerprint density at radius 3 is 2.27 bits per heavy atom. The van der Waals surface area contributed by atoms with Crippen molar-refractivity contribution in [1.29, 1.82) is 5.26 Å². The van der Waals surface area contributed by atoms with Crippen molar-refractivity contribution in [2.45, 2.75) is 6.92 Å². The van der Waals surface area contributed by atoms with Crippen molar-refractivity contribution in [3.05, 3.63) is 0 Å². The molecule has 0 saturated heterocycles. The van der Waals surface area contributed by atoms with Crippen LogP contribution in [0.25, 0.3) is 0 Å². The minimum atomic E-state index is -6.00. The van der Waals surface area contributed by atoms with E-state index in [-0.39, 0.29) is 13.2 Å². The molecule has 0 bridgehead atoms. The molecule has 0 aliphatic heterocycles. The van der Waals surface area contributed by atoms with Gasteiger partial charge in [-0.2, -0.15) is 5.26 Å². The minimum Gasteiger partial charge on any atom is -0.462 e. The Bertz CT molecular complexity index is 438. The Morgan fingerprint density at radius 2 is 1.91 bits per heavy atom. The van der Waals surface area contributed by atoms with Crippen molar-refractivity contribution in [3.63, 3.8) is 0 Å². The summed E-state index contributed by atoms with van der Waals surface area (Å²) < 4.78 is 45.3. The first-order chi connectivity index (χ1) is 10.0. The molecule has 7 nitrogen and oxygen atoms in total. The molecule has 0 rings (SSSR count). The summed E-state index contributed by atoms with van der Waals surface area (Å²) in [7, 11) is -0.843. The van der Waals surface area contributed by atoms with E-state index in [2.05, 4.69) is 9.89 Å². The lowest BCUT2D eigenvalue weighted by molar-refractivity contribution is -0.481. The minimum absolute atomic E-state index is 0.155. The molecule has 0 spiro atoms. The summed E-state index contributed by atoms with van der Waals surface area (Å²) in [5.74, 6) is -0.575. The first-order valence-corrected chi connectivity index (χ1v) is 5.89. The summed E-state index contributed by atoms with van der Waals surface area (Å²) in [6.45, 7) is 2.14. The van der Waals surface area contributed by atoms with Crippen LogP contribution in [-0.4, -0.2) is 69.2 Å². The van der Waals surface area contributed by atoms with Crippen molar-refractivity contribution in [2.24, 2.45) is 5.16 Å². The Balaban J connectivity index is 0. The molecular weight excluding hydrogens is 311 g/mol. The number of esters is 1. The first kappa shape index (κ1) is 22.0. The number of hydrogen-bond donors (Lipinski definition) is 0. The molecule has 0 aliphatic carbocycles. The fourth-order valence-corrected chi connectivity index (χ4v) is 0.963. The average molecular weight is 328 g/mol. The molecule has 0 N–H and O–H groups in total. The van der Waals surface area contributed by atoms with Gasteiger partial charge >= 0.3 is 19.2 Å². The smallest absolute Gasteiger partial charge is 0.462 e. The van der Waals surface area contributed by atoms with Gasteiger partial charge in [0.05, 0.1) is 27.7 Å². The molecular formula is C10H17BF4N4O3. The lowest BCUT2D eigenvalue weighted by Crippen LogP contribution is -2.34. The van der Waals surface area contributed by atoms with E-state index in [1.807, 2.05) is 6.07 Å². The van der Waals surface area contributed by atoms with Gasteiger partial charge in [-0.15, -0.1) is 0 Å². The summed E-state index contributed by atoms with van der Waals surface area (Å²) in [6, 6.07) is 2.33. The van der Waals surface area contributed by atoms with Crippen molar-refractivity contribution in [2.75, 3.05) is 34.3 Å². The molecule has 126 valence electrons. The lowest BCUT2D eigenvalue weighted by atomic mass is 10.3. The van der Waals surface area contributed by atoms with E-state index in [0.29, 0.717) is 6.02 Å². The van der Waals surface area contributed by atoms with Crippen LogP contribution in [0.3, 0.4) is 0 Å². The number of nitriles is 1. The highest BCUT2D eigenvalue weighted by Crippen LogP contribution is 2.06.